The normalized spacial score (nSPS) is 23.5. The number of ether oxygens (including phenoxy) is 1. The molecule has 9 heteroatoms. The van der Waals surface area contributed by atoms with Crippen LogP contribution in [-0.4, -0.2) is 69.7 Å². The maximum absolute atomic E-state index is 13.0. The Bertz CT molecular complexity index is 1030. The minimum absolute atomic E-state index is 0.0116. The number of carbonyl (C=O) groups is 3. The summed E-state index contributed by atoms with van der Waals surface area (Å²) in [6.45, 7) is 1.06. The quantitative estimate of drug-likeness (QED) is 0.307. The molecule has 0 bridgehead atoms. The fraction of sp³-hybridized carbons (Fsp3) is 0.500. The van der Waals surface area contributed by atoms with Crippen molar-refractivity contribution in [1.82, 2.24) is 4.90 Å². The van der Waals surface area contributed by atoms with E-state index in [0.29, 0.717) is 28.0 Å². The van der Waals surface area contributed by atoms with E-state index in [4.69, 9.17) is 0 Å². The van der Waals surface area contributed by atoms with Gasteiger partial charge in [-0.25, -0.2) is 4.79 Å². The van der Waals surface area contributed by atoms with Crippen LogP contribution in [0.25, 0.3) is 6.08 Å². The lowest BCUT2D eigenvalue weighted by Gasteiger charge is -2.36. The number of imide groups is 3. The van der Waals surface area contributed by atoms with Crippen molar-refractivity contribution >= 4 is 24.0 Å². The van der Waals surface area contributed by atoms with E-state index in [2.05, 4.69) is 4.74 Å². The van der Waals surface area contributed by atoms with Crippen molar-refractivity contribution in [3.8, 4) is 5.75 Å². The van der Waals surface area contributed by atoms with Crippen LogP contribution in [0, 0.1) is 17.8 Å². The third-order valence-corrected chi connectivity index (χ3v) is 6.89. The van der Waals surface area contributed by atoms with E-state index in [0.717, 1.165) is 25.5 Å². The highest BCUT2D eigenvalue weighted by molar-refractivity contribution is 6.16. The molecule has 1 fully saturated rings. The van der Waals surface area contributed by atoms with E-state index in [-0.39, 0.29) is 18.6 Å². The number of benzene rings is 1. The van der Waals surface area contributed by atoms with Crippen LogP contribution < -0.4 is 0 Å². The number of methoxy groups -OCH3 is 1. The zero-order chi connectivity index (χ0) is 25.7. The Balaban J connectivity index is 1.86. The number of aliphatic hydroxyl groups is 3. The molecule has 1 saturated heterocycles. The second-order valence-electron chi connectivity index (χ2n) is 8.99. The molecule has 35 heavy (non-hydrogen) atoms. The van der Waals surface area contributed by atoms with Crippen LogP contribution in [-0.2, 0) is 14.3 Å². The van der Waals surface area contributed by atoms with Crippen LogP contribution >= 0.6 is 0 Å². The van der Waals surface area contributed by atoms with Crippen molar-refractivity contribution in [2.45, 2.75) is 45.1 Å². The van der Waals surface area contributed by atoms with Crippen molar-refractivity contribution in [1.29, 1.82) is 0 Å². The van der Waals surface area contributed by atoms with E-state index in [1.807, 2.05) is 19.1 Å². The maximum Gasteiger partial charge on any atom is 0.423 e. The molecule has 0 saturated carbocycles. The number of likely N-dealkylation sites (tertiary alicyclic amines) is 1. The van der Waals surface area contributed by atoms with Gasteiger partial charge in [0.1, 0.15) is 5.75 Å². The van der Waals surface area contributed by atoms with Gasteiger partial charge in [0.05, 0.1) is 38.3 Å². The summed E-state index contributed by atoms with van der Waals surface area (Å²) in [5.74, 6) is -4.16. The highest BCUT2D eigenvalue weighted by Crippen LogP contribution is 2.46. The minimum atomic E-state index is -1.09. The van der Waals surface area contributed by atoms with Gasteiger partial charge >= 0.3 is 6.09 Å². The Hall–Kier alpha value is -3.01. The van der Waals surface area contributed by atoms with Gasteiger partial charge in [-0.05, 0) is 42.9 Å². The van der Waals surface area contributed by atoms with Crippen molar-refractivity contribution in [2.24, 2.45) is 17.8 Å². The number of fused-ring (bicyclic) bond motifs is 1. The van der Waals surface area contributed by atoms with Gasteiger partial charge in [0.25, 0.3) is 0 Å². The van der Waals surface area contributed by atoms with Gasteiger partial charge in [-0.15, -0.1) is 0 Å². The van der Waals surface area contributed by atoms with Crippen LogP contribution in [0.2, 0.25) is 0 Å². The molecule has 1 heterocycles. The van der Waals surface area contributed by atoms with Gasteiger partial charge in [0, 0.05) is 11.5 Å². The second kappa shape index (κ2) is 11.6. The molecule has 0 radical (unpaired) electrons. The van der Waals surface area contributed by atoms with Crippen molar-refractivity contribution < 1.29 is 39.5 Å². The molecule has 1 aromatic carbocycles. The fourth-order valence-electron chi connectivity index (χ4n) is 5.27. The summed E-state index contributed by atoms with van der Waals surface area (Å²) in [4.78, 5) is 38.2. The molecule has 1 aromatic rings. The number of carbonyl (C=O) groups excluding carboxylic acids is 3. The molecule has 3 rings (SSSR count). The number of aromatic hydroxyl groups is 1. The maximum atomic E-state index is 13.0. The molecule has 9 nitrogen and oxygen atoms in total. The van der Waals surface area contributed by atoms with Crippen LogP contribution in [0.3, 0.4) is 0 Å². The highest BCUT2D eigenvalue weighted by Gasteiger charge is 2.57. The summed E-state index contributed by atoms with van der Waals surface area (Å²) >= 11 is 0. The summed E-state index contributed by atoms with van der Waals surface area (Å²) in [7, 11) is 1.07. The minimum Gasteiger partial charge on any atom is -0.507 e. The number of rotatable bonds is 9. The number of hydrogen-bond donors (Lipinski definition) is 4. The average molecular weight is 488 g/mol. The molecule has 3 amide bonds. The lowest BCUT2D eigenvalue weighted by atomic mass is 9.68. The van der Waals surface area contributed by atoms with E-state index >= 15 is 0 Å². The van der Waals surface area contributed by atoms with Crippen molar-refractivity contribution in [3.05, 3.63) is 46.5 Å². The SMILES string of the molecule is CCC/C(=C\c1ccccc1O)CC[C@@H](O)C1=C(CO)C[C@H]2C(=O)N(C(=O)OC)C(=O)[C@H]2[C@H]1CO. The predicted octanol–water partition coefficient (Wildman–Crippen LogP) is 2.39. The lowest BCUT2D eigenvalue weighted by molar-refractivity contribution is -0.137. The molecule has 190 valence electrons. The molecule has 0 spiro atoms. The van der Waals surface area contributed by atoms with Gasteiger partial charge in [-0.2, -0.15) is 4.90 Å². The van der Waals surface area contributed by atoms with E-state index in [1.54, 1.807) is 18.2 Å². The summed E-state index contributed by atoms with van der Waals surface area (Å²) in [5, 5.41) is 41.4. The van der Waals surface area contributed by atoms with Crippen LogP contribution in [0.15, 0.2) is 41.0 Å². The molecular weight excluding hydrogens is 454 g/mol. The number of nitrogens with zero attached hydrogens (tertiary/aromatic N) is 1. The van der Waals surface area contributed by atoms with E-state index in [1.165, 1.54) is 0 Å². The summed E-state index contributed by atoms with van der Waals surface area (Å²) in [5.41, 5.74) is 2.43. The summed E-state index contributed by atoms with van der Waals surface area (Å²) < 4.78 is 4.57. The van der Waals surface area contributed by atoms with Gasteiger partial charge < -0.3 is 25.2 Å². The number of amides is 3. The van der Waals surface area contributed by atoms with Crippen LogP contribution in [0.4, 0.5) is 4.79 Å². The highest BCUT2D eigenvalue weighted by atomic mass is 16.5. The topological polar surface area (TPSA) is 145 Å². The fourth-order valence-corrected chi connectivity index (χ4v) is 5.27. The number of hydrogen-bond acceptors (Lipinski definition) is 8. The number of phenols is 1. The van der Waals surface area contributed by atoms with Crippen LogP contribution in [0.5, 0.6) is 5.75 Å². The third-order valence-electron chi connectivity index (χ3n) is 6.89. The Morgan fingerprint density at radius 2 is 1.91 bits per heavy atom. The number of phenolic OH excluding ortho intramolecular Hbond substituents is 1. The third kappa shape index (κ3) is 5.32. The first-order valence-electron chi connectivity index (χ1n) is 11.8. The molecule has 1 aliphatic carbocycles. The Morgan fingerprint density at radius 3 is 2.51 bits per heavy atom. The smallest absolute Gasteiger partial charge is 0.423 e. The molecule has 4 atom stereocenters. The first-order valence-corrected chi connectivity index (χ1v) is 11.8. The van der Waals surface area contributed by atoms with Crippen LogP contribution in [0.1, 0.15) is 44.6 Å². The molecule has 0 unspecified atom stereocenters. The Morgan fingerprint density at radius 1 is 1.20 bits per heavy atom. The monoisotopic (exact) mass is 487 g/mol. The van der Waals surface area contributed by atoms with Crippen molar-refractivity contribution in [2.75, 3.05) is 20.3 Å². The van der Waals surface area contributed by atoms with Crippen molar-refractivity contribution in [3.63, 3.8) is 0 Å². The van der Waals surface area contributed by atoms with E-state index < -0.39 is 55.0 Å². The number of aliphatic hydroxyl groups excluding tert-OH is 3. The largest absolute Gasteiger partial charge is 0.507 e. The Kier molecular flexibility index (Phi) is 8.82. The molecule has 1 aliphatic heterocycles. The average Bonchev–Trinajstić information content (AvgIpc) is 3.11. The van der Waals surface area contributed by atoms with E-state index in [9.17, 15) is 34.8 Å². The first-order chi connectivity index (χ1) is 16.8. The molecule has 4 N–H and O–H groups in total. The van der Waals surface area contributed by atoms with Gasteiger partial charge in [-0.3, -0.25) is 9.59 Å². The zero-order valence-corrected chi connectivity index (χ0v) is 20.0. The number of para-hydroxylation sites is 1. The number of allylic oxidation sites excluding steroid dienone is 1. The lowest BCUT2D eigenvalue weighted by Crippen LogP contribution is -2.40. The van der Waals surface area contributed by atoms with Gasteiger partial charge in [0.2, 0.25) is 11.8 Å². The molecular formula is C26H33NO8. The zero-order valence-electron chi connectivity index (χ0n) is 20.0. The van der Waals surface area contributed by atoms with Gasteiger partial charge in [0.15, 0.2) is 0 Å². The predicted molar refractivity (Wildman–Crippen MR) is 127 cm³/mol. The summed E-state index contributed by atoms with van der Waals surface area (Å²) in [6, 6.07) is 6.96. The molecule has 0 aromatic heterocycles. The Labute approximate surface area is 204 Å². The van der Waals surface area contributed by atoms with Gasteiger partial charge in [-0.1, -0.05) is 43.2 Å². The second-order valence-corrected chi connectivity index (χ2v) is 8.99. The first kappa shape index (κ1) is 26.6. The molecule has 2 aliphatic rings. The summed E-state index contributed by atoms with van der Waals surface area (Å²) in [6.07, 6.45) is 2.10. The standard InChI is InChI=1S/C26H33NO8/c1-3-6-15(11-16-7-4-5-8-20(16)30)9-10-21(31)22-17(13-28)12-18-23(19(22)14-29)25(33)27(24(18)32)26(34)35-2/h4-5,7-8,11,18-19,21,23,28-31H,3,6,9-10,12-14H2,1-2H3/b15-11+/t18-,19+,21-,23-/m1/s1.